The number of hydrogen-bond donors (Lipinski definition) is 3. The Hall–Kier alpha value is -4.17. The van der Waals surface area contributed by atoms with Crippen LogP contribution in [0.25, 0.3) is 0 Å². The van der Waals surface area contributed by atoms with E-state index in [-0.39, 0.29) is 125 Å². The van der Waals surface area contributed by atoms with Crippen LogP contribution in [0.15, 0.2) is 0 Å². The molecule has 1 saturated carbocycles. The molecule has 4 fully saturated rings. The van der Waals surface area contributed by atoms with Crippen molar-refractivity contribution in [3.63, 3.8) is 0 Å². The second-order valence-corrected chi connectivity index (χ2v) is 18.9. The maximum atomic E-state index is 14.1. The molecule has 0 spiro atoms. The average Bonchev–Trinajstić information content (AvgIpc) is 3.64. The first-order chi connectivity index (χ1) is 25.3. The molecule has 0 aromatic carbocycles. The number of rotatable bonds is 14. The van der Waals surface area contributed by atoms with Gasteiger partial charge in [0, 0.05) is 86.6 Å². The molecule has 4 rings (SSSR count). The fourth-order valence-electron chi connectivity index (χ4n) is 9.26. The second-order valence-electron chi connectivity index (χ2n) is 18.9. The summed E-state index contributed by atoms with van der Waals surface area (Å²) in [7, 11) is 0. The van der Waals surface area contributed by atoms with E-state index in [2.05, 4.69) is 16.0 Å². The van der Waals surface area contributed by atoms with E-state index in [4.69, 9.17) is 0 Å². The highest BCUT2D eigenvalue weighted by Gasteiger charge is 2.57. The highest BCUT2D eigenvalue weighted by atomic mass is 16.2. The Kier molecular flexibility index (Phi) is 12.8. The quantitative estimate of drug-likeness (QED) is 0.221. The summed E-state index contributed by atoms with van der Waals surface area (Å²) in [6.45, 7) is 18.2. The normalized spacial score (nSPS) is 30.3. The summed E-state index contributed by atoms with van der Waals surface area (Å²) < 4.78 is 0. The first-order valence-corrected chi connectivity index (χ1v) is 19.7. The molecule has 3 heterocycles. The summed E-state index contributed by atoms with van der Waals surface area (Å²) in [6.07, 6.45) is 0.514. The lowest BCUT2D eigenvalue weighted by molar-refractivity contribution is -0.155. The molecule has 0 aromatic heterocycles. The third kappa shape index (κ3) is 9.12. The Morgan fingerprint density at radius 1 is 0.564 bits per heavy atom. The van der Waals surface area contributed by atoms with E-state index in [1.807, 2.05) is 48.5 Å². The first-order valence-electron chi connectivity index (χ1n) is 19.7. The van der Waals surface area contributed by atoms with E-state index in [1.165, 1.54) is 14.7 Å². The van der Waals surface area contributed by atoms with Crippen LogP contribution in [0.4, 0.5) is 0 Å². The van der Waals surface area contributed by atoms with Crippen molar-refractivity contribution in [3.8, 4) is 0 Å². The zero-order valence-electron chi connectivity index (χ0n) is 34.4. The highest BCUT2D eigenvalue weighted by Crippen LogP contribution is 2.55. The van der Waals surface area contributed by atoms with E-state index >= 15 is 0 Å². The van der Waals surface area contributed by atoms with Crippen LogP contribution < -0.4 is 16.0 Å². The van der Waals surface area contributed by atoms with Gasteiger partial charge in [0.15, 0.2) is 0 Å². The highest BCUT2D eigenvalue weighted by molar-refractivity contribution is 6.05. The summed E-state index contributed by atoms with van der Waals surface area (Å²) in [5.74, 6) is -4.32. The van der Waals surface area contributed by atoms with Crippen LogP contribution in [0.1, 0.15) is 108 Å². The molecule has 4 aliphatic rings. The van der Waals surface area contributed by atoms with Crippen LogP contribution in [0.5, 0.6) is 0 Å². The molecule has 3 unspecified atom stereocenters. The van der Waals surface area contributed by atoms with Crippen LogP contribution in [0, 0.1) is 51.2 Å². The van der Waals surface area contributed by atoms with Crippen LogP contribution in [0.2, 0.25) is 0 Å². The van der Waals surface area contributed by atoms with Crippen LogP contribution in [0.3, 0.4) is 0 Å². The number of nitrogens with zero attached hydrogens (tertiary/aromatic N) is 3. The first kappa shape index (κ1) is 43.6. The van der Waals surface area contributed by atoms with Crippen molar-refractivity contribution in [1.29, 1.82) is 0 Å². The second kappa shape index (κ2) is 16.1. The number of imide groups is 3. The van der Waals surface area contributed by atoms with Gasteiger partial charge in [-0.1, -0.05) is 69.2 Å². The van der Waals surface area contributed by atoms with Gasteiger partial charge < -0.3 is 16.0 Å². The number of hydrogen-bond acceptors (Lipinski definition) is 9. The summed E-state index contributed by atoms with van der Waals surface area (Å²) in [6, 6.07) is 0. The van der Waals surface area contributed by atoms with Gasteiger partial charge in [-0.3, -0.25) is 57.9 Å². The van der Waals surface area contributed by atoms with Crippen molar-refractivity contribution in [2.45, 2.75) is 108 Å². The van der Waals surface area contributed by atoms with Crippen molar-refractivity contribution in [3.05, 3.63) is 0 Å². The third-order valence-corrected chi connectivity index (χ3v) is 12.3. The predicted molar refractivity (Wildman–Crippen MR) is 201 cm³/mol. The summed E-state index contributed by atoms with van der Waals surface area (Å²) >= 11 is 0. The molecule has 3 saturated heterocycles. The van der Waals surface area contributed by atoms with Gasteiger partial charge in [0.05, 0.1) is 5.92 Å². The minimum Gasteiger partial charge on any atom is -0.354 e. The SMILES string of the molecule is CC(C)C1CC(=O)N(CCNC(=O)[C@@]2(C)C[C@@](C)(C(=O)NCCN3C(=O)CC(C(C)C)C3=O)C[C@@](C)(C(=O)NCCN3C(=O)CC(C(C)(C)C)C3=O)C2)C1=O. The molecule has 3 aliphatic heterocycles. The van der Waals surface area contributed by atoms with E-state index in [0.29, 0.717) is 0 Å². The monoisotopic (exact) mass is 770 g/mol. The lowest BCUT2D eigenvalue weighted by Gasteiger charge is -2.50. The zero-order chi connectivity index (χ0) is 41.4. The van der Waals surface area contributed by atoms with E-state index in [0.717, 1.165) is 0 Å². The zero-order valence-corrected chi connectivity index (χ0v) is 34.4. The van der Waals surface area contributed by atoms with Gasteiger partial charge in [-0.2, -0.15) is 0 Å². The average molecular weight is 771 g/mol. The largest absolute Gasteiger partial charge is 0.354 e. The Balaban J connectivity index is 1.48. The van der Waals surface area contributed by atoms with E-state index in [9.17, 15) is 43.2 Å². The van der Waals surface area contributed by atoms with Crippen molar-refractivity contribution >= 4 is 53.2 Å². The number of nitrogens with one attached hydrogen (secondary N) is 3. The predicted octanol–water partition coefficient (Wildman–Crippen LogP) is 2.02. The smallest absolute Gasteiger partial charge is 0.233 e. The maximum Gasteiger partial charge on any atom is 0.233 e. The minimum atomic E-state index is -1.26. The topological polar surface area (TPSA) is 199 Å². The van der Waals surface area contributed by atoms with Crippen LogP contribution in [-0.4, -0.2) is 107 Å². The van der Waals surface area contributed by atoms with Gasteiger partial charge >= 0.3 is 0 Å². The molecule has 15 heteroatoms. The fourth-order valence-corrected chi connectivity index (χ4v) is 9.26. The summed E-state index contributed by atoms with van der Waals surface area (Å²) in [4.78, 5) is 122. The molecule has 15 nitrogen and oxygen atoms in total. The van der Waals surface area contributed by atoms with Gasteiger partial charge in [0.25, 0.3) is 0 Å². The van der Waals surface area contributed by atoms with Crippen molar-refractivity contribution in [2.75, 3.05) is 39.3 Å². The Morgan fingerprint density at radius 2 is 0.855 bits per heavy atom. The molecule has 0 aromatic rings. The van der Waals surface area contributed by atoms with Crippen molar-refractivity contribution in [1.82, 2.24) is 30.7 Å². The van der Waals surface area contributed by atoms with Gasteiger partial charge in [0.1, 0.15) is 0 Å². The molecule has 0 bridgehead atoms. The molecule has 3 N–H and O–H groups in total. The standard InChI is InChI=1S/C40H62N6O9/c1-23(2)25-17-28(47)44(31(25)50)14-11-41-34(53)38(8)20-39(9,35(54)42-12-15-45-29(48)18-26(24(3)4)32(45)51)22-40(10,21-38)36(55)43-13-16-46-30(49)19-27(33(46)52)37(5,6)7/h23-27H,11-22H2,1-10H3,(H,41,53)(H,42,54)(H,43,55)/t25?,26?,27?,38-,39+,40-. The number of carbonyl (C=O) groups is 9. The molecule has 6 atom stereocenters. The summed E-state index contributed by atoms with van der Waals surface area (Å²) in [5, 5.41) is 8.57. The van der Waals surface area contributed by atoms with Crippen LogP contribution in [-0.2, 0) is 43.2 Å². The summed E-state index contributed by atoms with van der Waals surface area (Å²) in [5.41, 5.74) is -4.19. The van der Waals surface area contributed by atoms with Crippen molar-refractivity contribution < 1.29 is 43.2 Å². The van der Waals surface area contributed by atoms with E-state index < -0.39 is 57.1 Å². The number of likely N-dealkylation sites (tertiary alicyclic amines) is 3. The van der Waals surface area contributed by atoms with Crippen molar-refractivity contribution in [2.24, 2.45) is 51.2 Å². The number of carbonyl (C=O) groups excluding carboxylic acids is 9. The van der Waals surface area contributed by atoms with Gasteiger partial charge in [0.2, 0.25) is 53.2 Å². The third-order valence-electron chi connectivity index (χ3n) is 12.3. The molecular formula is C40H62N6O9. The van der Waals surface area contributed by atoms with Gasteiger partial charge in [-0.25, -0.2) is 0 Å². The molecule has 0 radical (unpaired) electrons. The number of amides is 9. The maximum absolute atomic E-state index is 14.1. The van der Waals surface area contributed by atoms with Gasteiger partial charge in [-0.05, 0) is 36.5 Å². The lowest BCUT2D eigenvalue weighted by Crippen LogP contribution is -2.58. The molecule has 9 amide bonds. The van der Waals surface area contributed by atoms with Gasteiger partial charge in [-0.15, -0.1) is 0 Å². The minimum absolute atomic E-state index is 0.00476. The molecule has 306 valence electrons. The molecular weight excluding hydrogens is 708 g/mol. The fraction of sp³-hybridized carbons (Fsp3) is 0.775. The Bertz CT molecular complexity index is 1540. The van der Waals surface area contributed by atoms with Crippen LogP contribution >= 0.6 is 0 Å². The Morgan fingerprint density at radius 3 is 1.11 bits per heavy atom. The van der Waals surface area contributed by atoms with E-state index in [1.54, 1.807) is 20.8 Å². The lowest BCUT2D eigenvalue weighted by atomic mass is 9.53. The molecule has 1 aliphatic carbocycles. The Labute approximate surface area is 324 Å². The molecule has 55 heavy (non-hydrogen) atoms.